The predicted molar refractivity (Wildman–Crippen MR) is 116 cm³/mol. The van der Waals surface area contributed by atoms with E-state index in [9.17, 15) is 0 Å². The van der Waals surface area contributed by atoms with Gasteiger partial charge in [-0.2, -0.15) is 5.10 Å². The van der Waals surface area contributed by atoms with Crippen molar-refractivity contribution in [3.8, 4) is 17.3 Å². The lowest BCUT2D eigenvalue weighted by Gasteiger charge is -2.21. The highest BCUT2D eigenvalue weighted by Gasteiger charge is 2.43. The van der Waals surface area contributed by atoms with Crippen molar-refractivity contribution in [1.82, 2.24) is 24.9 Å². The quantitative estimate of drug-likeness (QED) is 0.630. The Labute approximate surface area is 177 Å². The third-order valence-electron chi connectivity index (χ3n) is 6.70. The molecule has 3 atom stereocenters. The number of aromatic nitrogens is 4. The summed E-state index contributed by atoms with van der Waals surface area (Å²) in [4.78, 5) is 2.61. The molecule has 0 radical (unpaired) electrons. The highest BCUT2D eigenvalue weighted by Crippen LogP contribution is 2.40. The normalized spacial score (nSPS) is 23.6. The van der Waals surface area contributed by atoms with E-state index in [0.717, 1.165) is 48.8 Å². The van der Waals surface area contributed by atoms with Crippen LogP contribution >= 0.6 is 0 Å². The number of hydrogen-bond donors (Lipinski definition) is 0. The average molecular weight is 404 g/mol. The largest absolute Gasteiger partial charge is 0.473 e. The van der Waals surface area contributed by atoms with Crippen molar-refractivity contribution in [2.24, 2.45) is 18.9 Å². The third kappa shape index (κ3) is 3.84. The smallest absolute Gasteiger partial charge is 0.233 e. The highest BCUT2D eigenvalue weighted by molar-refractivity contribution is 5.58. The Morgan fingerprint density at radius 1 is 1.03 bits per heavy atom. The van der Waals surface area contributed by atoms with Gasteiger partial charge < -0.3 is 9.64 Å². The number of hydrogen-bond acceptors (Lipinski definition) is 5. The van der Waals surface area contributed by atoms with Crippen LogP contribution in [0, 0.1) is 18.8 Å². The zero-order valence-electron chi connectivity index (χ0n) is 17.7. The highest BCUT2D eigenvalue weighted by atomic mass is 16.5. The van der Waals surface area contributed by atoms with Crippen LogP contribution in [0.1, 0.15) is 24.0 Å². The predicted octanol–water partition coefficient (Wildman–Crippen LogP) is 3.52. The Kier molecular flexibility index (Phi) is 5.25. The monoisotopic (exact) mass is 403 g/mol. The standard InChI is InChI=1S/C24H29N5O/c1-17-14-25-28(2)24(17)21-9-11-23(27-26-21)30-22-10-8-19-15-29(16-20(19)22)13-12-18-6-4-3-5-7-18/h3-7,9,11,14,19-20,22H,8,10,12-13,15-16H2,1-2H3. The van der Waals surface area contributed by atoms with Gasteiger partial charge in [-0.1, -0.05) is 30.3 Å². The molecule has 1 aromatic carbocycles. The van der Waals surface area contributed by atoms with Crippen molar-refractivity contribution in [2.75, 3.05) is 19.6 Å². The molecule has 0 spiro atoms. The van der Waals surface area contributed by atoms with Gasteiger partial charge in [0.2, 0.25) is 5.88 Å². The first-order chi connectivity index (χ1) is 14.7. The second-order valence-corrected chi connectivity index (χ2v) is 8.71. The molecule has 2 aliphatic rings. The van der Waals surface area contributed by atoms with Crippen molar-refractivity contribution < 1.29 is 4.74 Å². The molecule has 3 heterocycles. The summed E-state index contributed by atoms with van der Waals surface area (Å²) in [6, 6.07) is 14.7. The van der Waals surface area contributed by atoms with Crippen LogP contribution in [-0.4, -0.2) is 50.6 Å². The maximum Gasteiger partial charge on any atom is 0.233 e. The van der Waals surface area contributed by atoms with E-state index in [1.807, 2.05) is 37.0 Å². The van der Waals surface area contributed by atoms with E-state index in [0.29, 0.717) is 11.8 Å². The number of likely N-dealkylation sites (tertiary alicyclic amines) is 1. The molecule has 1 saturated carbocycles. The second-order valence-electron chi connectivity index (χ2n) is 8.71. The van der Waals surface area contributed by atoms with Gasteiger partial charge in [0.25, 0.3) is 0 Å². The van der Waals surface area contributed by atoms with E-state index in [4.69, 9.17) is 4.74 Å². The van der Waals surface area contributed by atoms with Crippen LogP contribution in [-0.2, 0) is 13.5 Å². The van der Waals surface area contributed by atoms with E-state index < -0.39 is 0 Å². The van der Waals surface area contributed by atoms with Crippen molar-refractivity contribution in [3.63, 3.8) is 0 Å². The van der Waals surface area contributed by atoms with Crippen LogP contribution in [0.15, 0.2) is 48.7 Å². The molecule has 30 heavy (non-hydrogen) atoms. The minimum absolute atomic E-state index is 0.246. The van der Waals surface area contributed by atoms with E-state index in [1.165, 1.54) is 18.5 Å². The van der Waals surface area contributed by atoms with Crippen molar-refractivity contribution in [3.05, 3.63) is 59.8 Å². The maximum absolute atomic E-state index is 6.31. The van der Waals surface area contributed by atoms with Crippen molar-refractivity contribution in [2.45, 2.75) is 32.3 Å². The van der Waals surface area contributed by atoms with Crippen molar-refractivity contribution >= 4 is 0 Å². The first-order valence-corrected chi connectivity index (χ1v) is 10.9. The van der Waals surface area contributed by atoms with Crippen LogP contribution in [0.4, 0.5) is 0 Å². The Morgan fingerprint density at radius 3 is 2.63 bits per heavy atom. The number of benzene rings is 1. The molecule has 0 bridgehead atoms. The first-order valence-electron chi connectivity index (χ1n) is 10.9. The van der Waals surface area contributed by atoms with E-state index in [-0.39, 0.29) is 6.10 Å². The van der Waals surface area contributed by atoms with Gasteiger partial charge in [-0.15, -0.1) is 10.2 Å². The maximum atomic E-state index is 6.31. The zero-order chi connectivity index (χ0) is 20.5. The summed E-state index contributed by atoms with van der Waals surface area (Å²) in [5.41, 5.74) is 4.35. The van der Waals surface area contributed by atoms with Gasteiger partial charge in [0, 0.05) is 38.7 Å². The first kappa shape index (κ1) is 19.2. The molecule has 156 valence electrons. The summed E-state index contributed by atoms with van der Waals surface area (Å²) in [5, 5.41) is 13.1. The molecule has 3 aromatic rings. The van der Waals surface area contributed by atoms with Crippen LogP contribution in [0.25, 0.3) is 11.4 Å². The van der Waals surface area contributed by atoms with Gasteiger partial charge in [-0.05, 0) is 49.3 Å². The Bertz CT molecular complexity index is 965. The summed E-state index contributed by atoms with van der Waals surface area (Å²) < 4.78 is 8.15. The summed E-state index contributed by atoms with van der Waals surface area (Å²) in [6.45, 7) is 5.49. The molecular formula is C24H29N5O. The summed E-state index contributed by atoms with van der Waals surface area (Å²) in [6.07, 6.45) is 5.58. The second kappa shape index (κ2) is 8.19. The van der Waals surface area contributed by atoms with Crippen LogP contribution < -0.4 is 4.74 Å². The topological polar surface area (TPSA) is 56.1 Å². The lowest BCUT2D eigenvalue weighted by molar-refractivity contribution is 0.141. The molecule has 2 fully saturated rings. The minimum Gasteiger partial charge on any atom is -0.473 e. The average Bonchev–Trinajstić information content (AvgIpc) is 3.44. The van der Waals surface area contributed by atoms with Crippen LogP contribution in [0.3, 0.4) is 0 Å². The van der Waals surface area contributed by atoms with Gasteiger partial charge in [-0.25, -0.2) is 0 Å². The fourth-order valence-electron chi connectivity index (χ4n) is 5.15. The number of aryl methyl sites for hydroxylation is 2. The molecule has 2 aromatic heterocycles. The number of ether oxygens (including phenoxy) is 1. The van der Waals surface area contributed by atoms with E-state index in [1.54, 1.807) is 0 Å². The molecule has 3 unspecified atom stereocenters. The molecule has 0 amide bonds. The number of rotatable bonds is 6. The minimum atomic E-state index is 0.246. The molecule has 5 rings (SSSR count). The summed E-state index contributed by atoms with van der Waals surface area (Å²) in [5.74, 6) is 1.98. The Morgan fingerprint density at radius 2 is 1.90 bits per heavy atom. The molecule has 6 heteroatoms. The fourth-order valence-corrected chi connectivity index (χ4v) is 5.15. The number of nitrogens with zero attached hydrogens (tertiary/aromatic N) is 5. The van der Waals surface area contributed by atoms with Crippen LogP contribution in [0.5, 0.6) is 5.88 Å². The Hall–Kier alpha value is -2.73. The molecular weight excluding hydrogens is 374 g/mol. The lowest BCUT2D eigenvalue weighted by Crippen LogP contribution is -2.29. The zero-order valence-corrected chi connectivity index (χ0v) is 17.7. The van der Waals surface area contributed by atoms with Crippen molar-refractivity contribution in [1.29, 1.82) is 0 Å². The number of fused-ring (bicyclic) bond motifs is 1. The van der Waals surface area contributed by atoms with E-state index in [2.05, 4.69) is 50.5 Å². The molecule has 6 nitrogen and oxygen atoms in total. The lowest BCUT2D eigenvalue weighted by atomic mass is 9.99. The summed E-state index contributed by atoms with van der Waals surface area (Å²) >= 11 is 0. The van der Waals surface area contributed by atoms with Gasteiger partial charge in [0.05, 0.1) is 11.9 Å². The van der Waals surface area contributed by atoms with Gasteiger partial charge >= 0.3 is 0 Å². The summed E-state index contributed by atoms with van der Waals surface area (Å²) in [7, 11) is 1.93. The van der Waals surface area contributed by atoms with Crippen LogP contribution in [0.2, 0.25) is 0 Å². The molecule has 1 aliphatic heterocycles. The Balaban J connectivity index is 1.19. The van der Waals surface area contributed by atoms with Gasteiger partial charge in [0.15, 0.2) is 0 Å². The third-order valence-corrected chi connectivity index (χ3v) is 6.70. The van der Waals surface area contributed by atoms with E-state index >= 15 is 0 Å². The van der Waals surface area contributed by atoms with Gasteiger partial charge in [-0.3, -0.25) is 4.68 Å². The molecule has 0 N–H and O–H groups in total. The fraction of sp³-hybridized carbons (Fsp3) is 0.458. The molecule has 1 saturated heterocycles. The SMILES string of the molecule is Cc1cnn(C)c1-c1ccc(OC2CCC3CN(CCc4ccccc4)CC32)nn1. The molecule has 1 aliphatic carbocycles. The van der Waals surface area contributed by atoms with Gasteiger partial charge in [0.1, 0.15) is 11.8 Å².